The van der Waals surface area contributed by atoms with Crippen LogP contribution >= 0.6 is 25.0 Å². The van der Waals surface area contributed by atoms with Crippen LogP contribution in [0.2, 0.25) is 0 Å². The van der Waals surface area contributed by atoms with Crippen LogP contribution in [0.3, 0.4) is 0 Å². The van der Waals surface area contributed by atoms with Crippen molar-refractivity contribution in [3.05, 3.63) is 30.3 Å². The second-order valence-electron chi connectivity index (χ2n) is 3.05. The van der Waals surface area contributed by atoms with E-state index in [0.29, 0.717) is 8.51 Å². The molecule has 0 saturated carbocycles. The van der Waals surface area contributed by atoms with E-state index in [-0.39, 0.29) is 14.4 Å². The fourth-order valence-electron chi connectivity index (χ4n) is 1.07. The number of para-hydroxylation sites is 1. The summed E-state index contributed by atoms with van der Waals surface area (Å²) in [6.07, 6.45) is 0. The molecular weight excluding hydrogens is 277 g/mol. The maximum Gasteiger partial charge on any atom is 0.226 e. The molecule has 1 amide bonds. The Hall–Kier alpha value is -1.21. The maximum absolute atomic E-state index is 11.1. The van der Waals surface area contributed by atoms with E-state index in [0.717, 1.165) is 5.75 Å². The second-order valence-corrected chi connectivity index (χ2v) is 7.04. The number of nitrogens with zero attached hydrogens (tertiary/aromatic N) is 2. The molecule has 6 nitrogen and oxygen atoms in total. The lowest BCUT2D eigenvalue weighted by Crippen LogP contribution is -2.10. The van der Waals surface area contributed by atoms with Gasteiger partial charge in [-0.05, 0) is 12.1 Å². The number of carbonyl (C=O) groups is 1. The molecule has 17 heavy (non-hydrogen) atoms. The molecule has 0 aliphatic rings. The van der Waals surface area contributed by atoms with Gasteiger partial charge in [-0.2, -0.15) is 4.51 Å². The number of hydrogen-bond acceptors (Lipinski definition) is 3. The van der Waals surface area contributed by atoms with E-state index in [4.69, 9.17) is 4.84 Å². The molecular formula is C8H11N4O2P3. The Balaban J connectivity index is 2.23. The lowest BCUT2D eigenvalue weighted by atomic mass is 10.3. The quantitative estimate of drug-likeness (QED) is 0.912. The van der Waals surface area contributed by atoms with Gasteiger partial charge in [-0.15, -0.1) is 0 Å². The summed E-state index contributed by atoms with van der Waals surface area (Å²) in [6, 6.07) is 9.41. The monoisotopic (exact) mass is 288 g/mol. The molecule has 0 aliphatic heterocycles. The third kappa shape index (κ3) is 3.64. The van der Waals surface area contributed by atoms with Gasteiger partial charge < -0.3 is 4.84 Å². The molecule has 2 aromatic rings. The van der Waals surface area contributed by atoms with Gasteiger partial charge in [0.15, 0.2) is 22.3 Å². The molecule has 2 atom stereocenters. The van der Waals surface area contributed by atoms with Crippen molar-refractivity contribution >= 4 is 30.9 Å². The molecule has 0 saturated heterocycles. The van der Waals surface area contributed by atoms with Crippen molar-refractivity contribution in [1.29, 1.82) is 0 Å². The number of carbonyl (C=O) groups excluding carboxylic acids is 1. The van der Waals surface area contributed by atoms with Crippen molar-refractivity contribution in [3.8, 4) is 5.75 Å². The maximum atomic E-state index is 11.1. The highest BCUT2D eigenvalue weighted by molar-refractivity contribution is 7.55. The summed E-state index contributed by atoms with van der Waals surface area (Å²) in [5.41, 5.74) is 0. The Morgan fingerprint density at radius 3 is 3.06 bits per heavy atom. The van der Waals surface area contributed by atoms with Crippen molar-refractivity contribution in [2.75, 3.05) is 5.09 Å². The van der Waals surface area contributed by atoms with E-state index < -0.39 is 8.00 Å². The second kappa shape index (κ2) is 5.92. The van der Waals surface area contributed by atoms with Gasteiger partial charge >= 0.3 is 0 Å². The Bertz CT molecular complexity index is 525. The van der Waals surface area contributed by atoms with Crippen LogP contribution in [0.25, 0.3) is 0 Å². The first-order valence-electron chi connectivity index (χ1n) is 4.77. The van der Waals surface area contributed by atoms with E-state index >= 15 is 0 Å². The van der Waals surface area contributed by atoms with Gasteiger partial charge in [0.25, 0.3) is 0 Å². The third-order valence-corrected chi connectivity index (χ3v) is 5.66. The molecule has 2 unspecified atom stereocenters. The Morgan fingerprint density at radius 2 is 2.35 bits per heavy atom. The van der Waals surface area contributed by atoms with Crippen molar-refractivity contribution in [3.63, 3.8) is 0 Å². The minimum atomic E-state index is -1.03. The molecule has 0 spiro atoms. The third-order valence-electron chi connectivity index (χ3n) is 1.69. The minimum absolute atomic E-state index is 0.0906. The predicted octanol–water partition coefficient (Wildman–Crippen LogP) is 2.87. The lowest BCUT2D eigenvalue weighted by Gasteiger charge is -2.12. The van der Waals surface area contributed by atoms with Crippen LogP contribution in [0.1, 0.15) is 6.92 Å². The molecule has 90 valence electrons. The van der Waals surface area contributed by atoms with Gasteiger partial charge in [0.2, 0.25) is 5.91 Å². The molecule has 9 heteroatoms. The first-order chi connectivity index (χ1) is 8.25. The van der Waals surface area contributed by atoms with Gasteiger partial charge in [-0.25, -0.2) is 0 Å². The molecule has 1 heterocycles. The van der Waals surface area contributed by atoms with Gasteiger partial charge in [-0.3, -0.25) is 14.4 Å². The lowest BCUT2D eigenvalue weighted by molar-refractivity contribution is -0.113. The highest BCUT2D eigenvalue weighted by atomic mass is 31.2. The van der Waals surface area contributed by atoms with Crippen LogP contribution in [0.4, 0.5) is 0 Å². The summed E-state index contributed by atoms with van der Waals surface area (Å²) in [6.45, 7) is 1.48. The highest BCUT2D eigenvalue weighted by Gasteiger charge is 2.03. The molecule has 2 N–H and O–H groups in total. The molecule has 1 aromatic carbocycles. The number of hydrogen-bond donors (Lipinski definition) is 2. The van der Waals surface area contributed by atoms with Crippen LogP contribution in [-0.4, -0.2) is 19.2 Å². The van der Waals surface area contributed by atoms with Gasteiger partial charge in [0.1, 0.15) is 0 Å². The van der Waals surface area contributed by atoms with Gasteiger partial charge in [-0.1, -0.05) is 22.5 Å². The summed E-state index contributed by atoms with van der Waals surface area (Å²) in [5.74, 6) is 0.632. The smallest absolute Gasteiger partial charge is 0.226 e. The molecule has 0 radical (unpaired) electrons. The topological polar surface area (TPSA) is 71.9 Å². The molecule has 2 rings (SSSR count). The Kier molecular flexibility index (Phi) is 4.27. The zero-order chi connectivity index (χ0) is 12.1. The van der Waals surface area contributed by atoms with E-state index in [1.807, 2.05) is 30.3 Å². The first-order valence-corrected chi connectivity index (χ1v) is 7.81. The summed E-state index contributed by atoms with van der Waals surface area (Å²) in [4.78, 5) is 16.7. The molecule has 0 aliphatic carbocycles. The number of aromatic nitrogens is 3. The van der Waals surface area contributed by atoms with Crippen LogP contribution in [0.15, 0.2) is 30.3 Å². The van der Waals surface area contributed by atoms with E-state index in [2.05, 4.69) is 14.1 Å². The van der Waals surface area contributed by atoms with Crippen LogP contribution in [0, 0.1) is 0 Å². The molecule has 1 aromatic heterocycles. The van der Waals surface area contributed by atoms with E-state index in [9.17, 15) is 4.79 Å². The number of nitrogens with one attached hydrogen (secondary N) is 2. The van der Waals surface area contributed by atoms with Crippen molar-refractivity contribution in [2.24, 2.45) is 0 Å². The number of H-pyrrole nitrogens is 1. The van der Waals surface area contributed by atoms with Crippen LogP contribution in [0.5, 0.6) is 5.75 Å². The van der Waals surface area contributed by atoms with Gasteiger partial charge in [0, 0.05) is 15.4 Å². The summed E-state index contributed by atoms with van der Waals surface area (Å²) < 4.78 is 8.90. The van der Waals surface area contributed by atoms with Crippen LogP contribution < -0.4 is 9.92 Å². The SMILES string of the molecule is CC(=O)Np1[nH][pH]npn1Oc1ccccc1. The molecule has 0 fully saturated rings. The van der Waals surface area contributed by atoms with Crippen molar-refractivity contribution < 1.29 is 9.63 Å². The fraction of sp³-hybridized carbons (Fsp3) is 0.125. The number of benzene rings is 1. The number of aromatic amines is 1. The summed E-state index contributed by atoms with van der Waals surface area (Å²) in [5, 5.41) is 2.81. The average molecular weight is 288 g/mol. The van der Waals surface area contributed by atoms with Crippen molar-refractivity contribution in [2.45, 2.75) is 6.92 Å². The van der Waals surface area contributed by atoms with E-state index in [1.54, 1.807) is 4.26 Å². The minimum Gasteiger partial charge on any atom is -0.364 e. The Labute approximate surface area is 102 Å². The number of amides is 1. The van der Waals surface area contributed by atoms with Gasteiger partial charge in [0.05, 0.1) is 0 Å². The zero-order valence-electron chi connectivity index (χ0n) is 8.99. The molecule has 0 bridgehead atoms. The highest BCUT2D eigenvalue weighted by Crippen LogP contribution is 2.26. The Morgan fingerprint density at radius 1 is 1.59 bits per heavy atom. The average Bonchev–Trinajstić information content (AvgIpc) is 2.32. The largest absolute Gasteiger partial charge is 0.364 e. The van der Waals surface area contributed by atoms with Crippen LogP contribution in [-0.2, 0) is 4.79 Å². The van der Waals surface area contributed by atoms with E-state index in [1.165, 1.54) is 6.92 Å². The normalized spacial score (nSPS) is 11.7. The first kappa shape index (κ1) is 12.3. The number of rotatable bonds is 3. The fourth-order valence-corrected chi connectivity index (χ4v) is 4.99. The predicted molar refractivity (Wildman–Crippen MR) is 71.4 cm³/mol. The summed E-state index contributed by atoms with van der Waals surface area (Å²) in [7, 11) is -0.0440. The summed E-state index contributed by atoms with van der Waals surface area (Å²) >= 11 is 0. The zero-order valence-corrected chi connectivity index (χ0v) is 11.8. The standard InChI is InChI=1S/C8H11N4O2P3/c1-7(13)9-17-11-15-10-16-12(17)14-8-5-3-2-4-6-8/h2-6,11,15H,1H3,(H,9,13). The van der Waals surface area contributed by atoms with Crippen molar-refractivity contribution in [1.82, 2.24) is 13.3 Å².